The molecule has 27 heavy (non-hydrogen) atoms. The van der Waals surface area contributed by atoms with Crippen LogP contribution in [0, 0.1) is 0 Å². The number of rotatable bonds is 7. The molecular weight excluding hydrogens is 364 g/mol. The van der Waals surface area contributed by atoms with Crippen LogP contribution in [0.5, 0.6) is 0 Å². The summed E-state index contributed by atoms with van der Waals surface area (Å²) in [5.74, 6) is 0.382. The molecule has 7 nitrogen and oxygen atoms in total. The zero-order valence-corrected chi connectivity index (χ0v) is 16.2. The van der Waals surface area contributed by atoms with E-state index in [4.69, 9.17) is 0 Å². The van der Waals surface area contributed by atoms with E-state index in [1.807, 2.05) is 18.2 Å². The van der Waals surface area contributed by atoms with E-state index in [0.29, 0.717) is 17.9 Å². The monoisotopic (exact) mass is 388 g/mol. The van der Waals surface area contributed by atoms with E-state index in [1.165, 1.54) is 22.9 Å². The minimum atomic E-state index is -3.03. The van der Waals surface area contributed by atoms with Gasteiger partial charge in [-0.15, -0.1) is 0 Å². The molecule has 1 saturated heterocycles. The van der Waals surface area contributed by atoms with Gasteiger partial charge in [0, 0.05) is 32.0 Å². The number of carbonyl (C=O) groups is 1. The van der Waals surface area contributed by atoms with Gasteiger partial charge in [0.05, 0.1) is 17.1 Å². The highest BCUT2D eigenvalue weighted by Gasteiger charge is 2.33. The first-order valence-corrected chi connectivity index (χ1v) is 10.8. The molecule has 0 spiro atoms. The number of carbonyl (C=O) groups excluding carboxylic acids is 1. The van der Waals surface area contributed by atoms with E-state index >= 15 is 0 Å². The molecule has 1 aromatic carbocycles. The lowest BCUT2D eigenvalue weighted by Gasteiger charge is -2.23. The van der Waals surface area contributed by atoms with Gasteiger partial charge in [0.15, 0.2) is 9.84 Å². The van der Waals surface area contributed by atoms with Crippen LogP contribution in [0.15, 0.2) is 42.7 Å². The summed E-state index contributed by atoms with van der Waals surface area (Å²) >= 11 is 0. The Kier molecular flexibility index (Phi) is 6.05. The van der Waals surface area contributed by atoms with Gasteiger partial charge in [0.2, 0.25) is 5.95 Å². The average Bonchev–Trinajstić information content (AvgIpc) is 3.05. The van der Waals surface area contributed by atoms with Gasteiger partial charge in [0.25, 0.3) is 5.91 Å². The van der Waals surface area contributed by atoms with Crippen LogP contribution in [0.4, 0.5) is 5.95 Å². The summed E-state index contributed by atoms with van der Waals surface area (Å²) in [6.07, 6.45) is 5.36. The first-order valence-electron chi connectivity index (χ1n) is 9.02. The number of benzene rings is 1. The summed E-state index contributed by atoms with van der Waals surface area (Å²) in [5.41, 5.74) is 1.65. The second-order valence-corrected chi connectivity index (χ2v) is 9.01. The first-order chi connectivity index (χ1) is 12.9. The number of nitrogens with zero attached hydrogens (tertiary/aromatic N) is 3. The fourth-order valence-corrected chi connectivity index (χ4v) is 4.89. The van der Waals surface area contributed by atoms with Crippen LogP contribution >= 0.6 is 0 Å². The van der Waals surface area contributed by atoms with Crippen molar-refractivity contribution in [2.24, 2.45) is 0 Å². The van der Waals surface area contributed by atoms with Crippen molar-refractivity contribution in [3.63, 3.8) is 0 Å². The molecule has 1 aliphatic rings. The Bertz CT molecular complexity index is 870. The molecular formula is C19H24N4O3S. The highest BCUT2D eigenvalue weighted by atomic mass is 32.2. The molecule has 1 atom stereocenters. The van der Waals surface area contributed by atoms with Crippen LogP contribution in [0.25, 0.3) is 0 Å². The van der Waals surface area contributed by atoms with E-state index in [9.17, 15) is 13.2 Å². The maximum atomic E-state index is 12.5. The third-order valence-corrected chi connectivity index (χ3v) is 6.49. The highest BCUT2D eigenvalue weighted by molar-refractivity contribution is 7.91. The standard InChI is InChI=1S/C19H24N4O3S/c1-23(17-9-11-27(25,26)14-17)18(24)16-12-21-19(22-13-16)20-10-5-8-15-6-3-2-4-7-15/h2-4,6-7,12-13,17H,5,8-11,14H2,1H3,(H,20,21,22). The summed E-state index contributed by atoms with van der Waals surface area (Å²) in [7, 11) is -1.40. The Hall–Kier alpha value is -2.48. The van der Waals surface area contributed by atoms with Gasteiger partial charge >= 0.3 is 0 Å². The first kappa shape index (κ1) is 19.3. The quantitative estimate of drug-likeness (QED) is 0.727. The molecule has 1 unspecified atom stereocenters. The minimum absolute atomic E-state index is 0.0250. The summed E-state index contributed by atoms with van der Waals surface area (Å²) in [6.45, 7) is 0.738. The maximum absolute atomic E-state index is 12.5. The number of aryl methyl sites for hydroxylation is 1. The fraction of sp³-hybridized carbons (Fsp3) is 0.421. The van der Waals surface area contributed by atoms with Crippen LogP contribution in [0.3, 0.4) is 0 Å². The van der Waals surface area contributed by atoms with E-state index in [-0.39, 0.29) is 23.5 Å². The Morgan fingerprint density at radius 2 is 1.93 bits per heavy atom. The molecule has 1 amide bonds. The van der Waals surface area contributed by atoms with Gasteiger partial charge < -0.3 is 10.2 Å². The molecule has 144 valence electrons. The predicted molar refractivity (Wildman–Crippen MR) is 104 cm³/mol. The number of aromatic nitrogens is 2. The van der Waals surface area contributed by atoms with Crippen molar-refractivity contribution >= 4 is 21.7 Å². The van der Waals surface area contributed by atoms with Crippen molar-refractivity contribution in [2.75, 3.05) is 30.4 Å². The van der Waals surface area contributed by atoms with Crippen LogP contribution in [-0.2, 0) is 16.3 Å². The lowest BCUT2D eigenvalue weighted by molar-refractivity contribution is 0.0747. The molecule has 1 fully saturated rings. The lowest BCUT2D eigenvalue weighted by Crippen LogP contribution is -2.37. The zero-order valence-electron chi connectivity index (χ0n) is 15.3. The van der Waals surface area contributed by atoms with Crippen molar-refractivity contribution in [1.29, 1.82) is 0 Å². The second-order valence-electron chi connectivity index (χ2n) is 6.78. The molecule has 0 bridgehead atoms. The third kappa shape index (κ3) is 5.26. The van der Waals surface area contributed by atoms with Gasteiger partial charge in [-0.3, -0.25) is 4.79 Å². The summed E-state index contributed by atoms with van der Waals surface area (Å²) in [4.78, 5) is 22.4. The Morgan fingerprint density at radius 3 is 2.56 bits per heavy atom. The largest absolute Gasteiger partial charge is 0.354 e. The SMILES string of the molecule is CN(C(=O)c1cnc(NCCCc2ccccc2)nc1)C1CCS(=O)(=O)C1. The van der Waals surface area contributed by atoms with Gasteiger partial charge in [-0.05, 0) is 24.8 Å². The fourth-order valence-electron chi connectivity index (χ4n) is 3.12. The minimum Gasteiger partial charge on any atom is -0.354 e. The van der Waals surface area contributed by atoms with Gasteiger partial charge in [-0.25, -0.2) is 18.4 Å². The molecule has 1 aromatic heterocycles. The number of nitrogens with one attached hydrogen (secondary N) is 1. The van der Waals surface area contributed by atoms with Crippen molar-refractivity contribution in [1.82, 2.24) is 14.9 Å². The summed E-state index contributed by atoms with van der Waals surface area (Å²) in [5, 5.41) is 3.15. The Balaban J connectivity index is 1.48. The van der Waals surface area contributed by atoms with E-state index in [0.717, 1.165) is 19.4 Å². The smallest absolute Gasteiger partial charge is 0.257 e. The Morgan fingerprint density at radius 1 is 1.22 bits per heavy atom. The number of amides is 1. The van der Waals surface area contributed by atoms with Gasteiger partial charge in [-0.2, -0.15) is 0 Å². The molecule has 0 aliphatic carbocycles. The second kappa shape index (κ2) is 8.47. The molecule has 8 heteroatoms. The summed E-state index contributed by atoms with van der Waals surface area (Å²) in [6, 6.07) is 9.98. The number of hydrogen-bond acceptors (Lipinski definition) is 6. The lowest BCUT2D eigenvalue weighted by atomic mass is 10.1. The van der Waals surface area contributed by atoms with Crippen LogP contribution in [0.1, 0.15) is 28.8 Å². The molecule has 2 aromatic rings. The molecule has 1 aliphatic heterocycles. The summed E-state index contributed by atoms with van der Waals surface area (Å²) < 4.78 is 23.2. The van der Waals surface area contributed by atoms with Crippen LogP contribution in [-0.4, -0.2) is 60.3 Å². The normalized spacial score (nSPS) is 18.2. The number of anilines is 1. The van der Waals surface area contributed by atoms with Crippen molar-refractivity contribution < 1.29 is 13.2 Å². The van der Waals surface area contributed by atoms with E-state index < -0.39 is 9.84 Å². The average molecular weight is 388 g/mol. The van der Waals surface area contributed by atoms with Crippen LogP contribution in [0.2, 0.25) is 0 Å². The topological polar surface area (TPSA) is 92.3 Å². The third-order valence-electron chi connectivity index (χ3n) is 4.74. The molecule has 0 saturated carbocycles. The predicted octanol–water partition coefficient (Wildman–Crippen LogP) is 1.78. The number of hydrogen-bond donors (Lipinski definition) is 1. The Labute approximate surface area is 159 Å². The molecule has 1 N–H and O–H groups in total. The van der Waals surface area contributed by atoms with Crippen molar-refractivity contribution in [2.45, 2.75) is 25.3 Å². The van der Waals surface area contributed by atoms with Gasteiger partial charge in [-0.1, -0.05) is 30.3 Å². The van der Waals surface area contributed by atoms with Crippen molar-refractivity contribution in [3.8, 4) is 0 Å². The van der Waals surface area contributed by atoms with Crippen LogP contribution < -0.4 is 5.32 Å². The van der Waals surface area contributed by atoms with Gasteiger partial charge in [0.1, 0.15) is 0 Å². The zero-order chi connectivity index (χ0) is 19.3. The maximum Gasteiger partial charge on any atom is 0.257 e. The van der Waals surface area contributed by atoms with Crippen molar-refractivity contribution in [3.05, 3.63) is 53.9 Å². The number of sulfone groups is 1. The molecule has 2 heterocycles. The highest BCUT2D eigenvalue weighted by Crippen LogP contribution is 2.18. The molecule has 0 radical (unpaired) electrons. The van der Waals surface area contributed by atoms with E-state index in [1.54, 1.807) is 7.05 Å². The molecule has 3 rings (SSSR count). The van der Waals surface area contributed by atoms with E-state index in [2.05, 4.69) is 27.4 Å².